The molecule has 2 aromatic carbocycles. The lowest BCUT2D eigenvalue weighted by molar-refractivity contribution is -0.105. The van der Waals surface area contributed by atoms with Gasteiger partial charge in [-0.1, -0.05) is 30.3 Å². The van der Waals surface area contributed by atoms with Gasteiger partial charge in [0.2, 0.25) is 6.41 Å². The van der Waals surface area contributed by atoms with Gasteiger partial charge in [0.05, 0.1) is 16.7 Å². The molecule has 0 radical (unpaired) electrons. The van der Waals surface area contributed by atoms with E-state index in [1.54, 1.807) is 30.3 Å². The van der Waals surface area contributed by atoms with Crippen molar-refractivity contribution in [1.29, 1.82) is 0 Å². The first kappa shape index (κ1) is 12.1. The van der Waals surface area contributed by atoms with E-state index in [0.717, 1.165) is 0 Å². The summed E-state index contributed by atoms with van der Waals surface area (Å²) in [6.07, 6.45) is 0.577. The number of anilines is 1. The molecule has 1 aromatic heterocycles. The topological polar surface area (TPSA) is 74.8 Å². The van der Waals surface area contributed by atoms with Gasteiger partial charge >= 0.3 is 0 Å². The number of nitrogens with zero attached hydrogens (tertiary/aromatic N) is 1. The molecular weight excluding hydrogens is 254 g/mol. The molecule has 3 aromatic rings. The van der Waals surface area contributed by atoms with Gasteiger partial charge in [-0.25, -0.2) is 4.98 Å². The third-order valence-corrected chi connectivity index (χ3v) is 3.00. The van der Waals surface area contributed by atoms with Gasteiger partial charge in [-0.2, -0.15) is 0 Å². The summed E-state index contributed by atoms with van der Waals surface area (Å²) >= 11 is 0. The number of fused-ring (bicyclic) bond motifs is 1. The van der Waals surface area contributed by atoms with Crippen LogP contribution in [0.5, 0.6) is 0 Å². The number of nitrogens with one attached hydrogen (secondary N) is 2. The van der Waals surface area contributed by atoms with Crippen LogP contribution in [-0.2, 0) is 4.79 Å². The standard InChI is InChI=1S/C15H11N3O2/c19-9-16-11-6-2-1-5-10(11)14-15(20)18-13-8-4-3-7-12(13)17-14/h1-9H,(H,16,19)(H,18,20). The third kappa shape index (κ3) is 2.05. The minimum absolute atomic E-state index is 0.286. The smallest absolute Gasteiger partial charge is 0.275 e. The minimum Gasteiger partial charge on any atom is -0.328 e. The van der Waals surface area contributed by atoms with Crippen molar-refractivity contribution in [2.24, 2.45) is 0 Å². The molecule has 0 bridgehead atoms. The number of hydrogen-bond donors (Lipinski definition) is 2. The number of aromatic nitrogens is 2. The molecule has 1 heterocycles. The van der Waals surface area contributed by atoms with E-state index in [9.17, 15) is 9.59 Å². The van der Waals surface area contributed by atoms with Gasteiger partial charge in [-0.3, -0.25) is 9.59 Å². The number of amides is 1. The molecule has 0 atom stereocenters. The van der Waals surface area contributed by atoms with Crippen molar-refractivity contribution < 1.29 is 4.79 Å². The molecule has 0 saturated heterocycles. The molecule has 0 fully saturated rings. The summed E-state index contributed by atoms with van der Waals surface area (Å²) < 4.78 is 0. The van der Waals surface area contributed by atoms with Crippen molar-refractivity contribution in [3.63, 3.8) is 0 Å². The van der Waals surface area contributed by atoms with Crippen molar-refractivity contribution in [2.75, 3.05) is 5.32 Å². The van der Waals surface area contributed by atoms with Crippen LogP contribution in [0.3, 0.4) is 0 Å². The maximum absolute atomic E-state index is 12.2. The number of benzene rings is 2. The Morgan fingerprint density at radius 1 is 1.05 bits per heavy atom. The van der Waals surface area contributed by atoms with Crippen molar-refractivity contribution in [2.45, 2.75) is 0 Å². The van der Waals surface area contributed by atoms with E-state index in [2.05, 4.69) is 15.3 Å². The lowest BCUT2D eigenvalue weighted by Gasteiger charge is -2.07. The lowest BCUT2D eigenvalue weighted by Crippen LogP contribution is -2.12. The van der Waals surface area contributed by atoms with E-state index in [1.165, 1.54) is 0 Å². The molecule has 0 aliphatic rings. The Balaban J connectivity index is 2.27. The van der Waals surface area contributed by atoms with Gasteiger partial charge in [0.1, 0.15) is 5.69 Å². The van der Waals surface area contributed by atoms with Crippen LogP contribution in [0, 0.1) is 0 Å². The molecule has 0 aliphatic heterocycles. The number of carbonyl (C=O) groups is 1. The zero-order valence-corrected chi connectivity index (χ0v) is 10.5. The predicted octanol–water partition coefficient (Wildman–Crippen LogP) is 2.16. The molecule has 1 amide bonds. The summed E-state index contributed by atoms with van der Waals surface area (Å²) in [5.41, 5.74) is 2.52. The number of rotatable bonds is 3. The van der Waals surface area contributed by atoms with Gasteiger partial charge in [0.15, 0.2) is 0 Å². The number of hydrogen-bond acceptors (Lipinski definition) is 3. The SMILES string of the molecule is O=CNc1ccccc1-c1nc2ccccc2[nH]c1=O. The zero-order valence-electron chi connectivity index (χ0n) is 10.5. The summed E-state index contributed by atoms with van der Waals surface area (Å²) in [6, 6.07) is 14.4. The summed E-state index contributed by atoms with van der Waals surface area (Å²) in [5.74, 6) is 0. The maximum atomic E-state index is 12.2. The fraction of sp³-hybridized carbons (Fsp3) is 0. The van der Waals surface area contributed by atoms with Gasteiger partial charge in [-0.15, -0.1) is 0 Å². The average Bonchev–Trinajstić information content (AvgIpc) is 2.48. The predicted molar refractivity (Wildman–Crippen MR) is 77.5 cm³/mol. The molecule has 0 saturated carbocycles. The van der Waals surface area contributed by atoms with E-state index in [1.807, 2.05) is 18.2 Å². The fourth-order valence-electron chi connectivity index (χ4n) is 2.09. The first-order valence-corrected chi connectivity index (χ1v) is 6.08. The molecule has 98 valence electrons. The van der Waals surface area contributed by atoms with Crippen LogP contribution in [0.2, 0.25) is 0 Å². The van der Waals surface area contributed by atoms with E-state index < -0.39 is 0 Å². The van der Waals surface area contributed by atoms with Gasteiger partial charge < -0.3 is 10.3 Å². The molecular formula is C15H11N3O2. The van der Waals surface area contributed by atoms with Crippen LogP contribution in [0.15, 0.2) is 53.3 Å². The maximum Gasteiger partial charge on any atom is 0.275 e. The van der Waals surface area contributed by atoms with Crippen molar-refractivity contribution in [1.82, 2.24) is 9.97 Å². The van der Waals surface area contributed by atoms with Gasteiger partial charge in [0, 0.05) is 5.56 Å². The summed E-state index contributed by atoms with van der Waals surface area (Å²) in [7, 11) is 0. The highest BCUT2D eigenvalue weighted by Gasteiger charge is 2.11. The number of aromatic amines is 1. The highest BCUT2D eigenvalue weighted by atomic mass is 16.1. The Morgan fingerprint density at radius 2 is 1.80 bits per heavy atom. The van der Waals surface area contributed by atoms with Gasteiger partial charge in [-0.05, 0) is 18.2 Å². The first-order chi connectivity index (χ1) is 9.79. The summed E-state index contributed by atoms with van der Waals surface area (Å²) in [4.78, 5) is 30.0. The highest BCUT2D eigenvalue weighted by Crippen LogP contribution is 2.24. The van der Waals surface area contributed by atoms with Crippen LogP contribution in [0.4, 0.5) is 5.69 Å². The number of para-hydroxylation sites is 3. The lowest BCUT2D eigenvalue weighted by atomic mass is 10.1. The molecule has 5 nitrogen and oxygen atoms in total. The highest BCUT2D eigenvalue weighted by molar-refractivity contribution is 5.85. The van der Waals surface area contributed by atoms with E-state index >= 15 is 0 Å². The van der Waals surface area contributed by atoms with Crippen molar-refractivity contribution in [3.8, 4) is 11.3 Å². The minimum atomic E-state index is -0.288. The fourth-order valence-corrected chi connectivity index (χ4v) is 2.09. The number of H-pyrrole nitrogens is 1. The molecule has 20 heavy (non-hydrogen) atoms. The molecule has 0 aliphatic carbocycles. The summed E-state index contributed by atoms with van der Waals surface area (Å²) in [6.45, 7) is 0. The second-order valence-electron chi connectivity index (χ2n) is 4.24. The van der Waals surface area contributed by atoms with Gasteiger partial charge in [0.25, 0.3) is 5.56 Å². The second-order valence-corrected chi connectivity index (χ2v) is 4.24. The average molecular weight is 265 g/mol. The van der Waals surface area contributed by atoms with Crippen LogP contribution < -0.4 is 10.9 Å². The van der Waals surface area contributed by atoms with Crippen LogP contribution >= 0.6 is 0 Å². The van der Waals surface area contributed by atoms with Crippen LogP contribution in [-0.4, -0.2) is 16.4 Å². The van der Waals surface area contributed by atoms with Crippen LogP contribution in [0.1, 0.15) is 0 Å². The first-order valence-electron chi connectivity index (χ1n) is 6.08. The molecule has 5 heteroatoms. The Morgan fingerprint density at radius 3 is 2.65 bits per heavy atom. The number of carbonyl (C=O) groups excluding carboxylic acids is 1. The molecule has 0 unspecified atom stereocenters. The zero-order chi connectivity index (χ0) is 13.9. The van der Waals surface area contributed by atoms with Crippen molar-refractivity contribution in [3.05, 3.63) is 58.9 Å². The third-order valence-electron chi connectivity index (χ3n) is 3.00. The second kappa shape index (κ2) is 4.97. The largest absolute Gasteiger partial charge is 0.328 e. The van der Waals surface area contributed by atoms with E-state index in [0.29, 0.717) is 28.7 Å². The Bertz CT molecular complexity index is 840. The van der Waals surface area contributed by atoms with E-state index in [4.69, 9.17) is 0 Å². The normalized spacial score (nSPS) is 10.4. The molecule has 2 N–H and O–H groups in total. The Kier molecular flexibility index (Phi) is 3.01. The molecule has 0 spiro atoms. The quantitative estimate of drug-likeness (QED) is 0.712. The molecule has 3 rings (SSSR count). The Labute approximate surface area is 114 Å². The van der Waals surface area contributed by atoms with Crippen LogP contribution in [0.25, 0.3) is 22.3 Å². The van der Waals surface area contributed by atoms with Crippen molar-refractivity contribution >= 4 is 23.1 Å². The summed E-state index contributed by atoms with van der Waals surface area (Å²) in [5, 5.41) is 2.58. The monoisotopic (exact) mass is 265 g/mol. The Hall–Kier alpha value is -2.95. The van der Waals surface area contributed by atoms with E-state index in [-0.39, 0.29) is 11.3 Å².